The summed E-state index contributed by atoms with van der Waals surface area (Å²) in [4.78, 5) is 23.3. The van der Waals surface area contributed by atoms with Gasteiger partial charge in [-0.15, -0.1) is 0 Å². The summed E-state index contributed by atoms with van der Waals surface area (Å²) in [5, 5.41) is 8.67. The van der Waals surface area contributed by atoms with E-state index in [0.29, 0.717) is 25.4 Å². The Bertz CT molecular complexity index is 972. The maximum atomic E-state index is 12.8. The largest absolute Gasteiger partial charge is 0.343 e. The molecule has 1 aliphatic rings. The van der Waals surface area contributed by atoms with E-state index < -0.39 is 0 Å². The van der Waals surface area contributed by atoms with Crippen molar-refractivity contribution in [2.24, 2.45) is 0 Å². The van der Waals surface area contributed by atoms with Crippen LogP contribution in [0.5, 0.6) is 0 Å². The predicted molar refractivity (Wildman–Crippen MR) is 107 cm³/mol. The number of nitrogens with zero attached hydrogens (tertiary/aromatic N) is 6. The molecule has 29 heavy (non-hydrogen) atoms. The van der Waals surface area contributed by atoms with E-state index in [9.17, 15) is 4.79 Å². The number of aromatic nitrogens is 5. The third-order valence-corrected chi connectivity index (χ3v) is 5.51. The summed E-state index contributed by atoms with van der Waals surface area (Å²) < 4.78 is 7.36. The number of carbonyl (C=O) groups excluding carboxylic acids is 1. The Kier molecular flexibility index (Phi) is 5.42. The van der Waals surface area contributed by atoms with Crippen molar-refractivity contribution in [3.8, 4) is 11.5 Å². The summed E-state index contributed by atoms with van der Waals surface area (Å²) in [6.07, 6.45) is 5.55. The van der Waals surface area contributed by atoms with E-state index in [0.717, 1.165) is 35.6 Å². The van der Waals surface area contributed by atoms with Crippen LogP contribution in [0.3, 0.4) is 0 Å². The fraction of sp³-hybridized carbons (Fsp3) is 0.476. The number of pyridine rings is 1. The normalized spacial score (nSPS) is 16.2. The summed E-state index contributed by atoms with van der Waals surface area (Å²) in [6, 6.07) is 5.79. The Morgan fingerprint density at radius 3 is 2.62 bits per heavy atom. The van der Waals surface area contributed by atoms with Crippen LogP contribution in [0.4, 0.5) is 0 Å². The lowest BCUT2D eigenvalue weighted by atomic mass is 9.95. The van der Waals surface area contributed by atoms with E-state index in [4.69, 9.17) is 4.52 Å². The number of piperidine rings is 1. The maximum Gasteiger partial charge on any atom is 0.258 e. The first-order valence-electron chi connectivity index (χ1n) is 10.1. The SMILES string of the molecule is Cc1cc(C)n(C(C)CC(=O)N2CCC(c3noc(-c4ccncc4)n3)CC2)n1. The Morgan fingerprint density at radius 2 is 1.97 bits per heavy atom. The van der Waals surface area contributed by atoms with Crippen LogP contribution in [0.2, 0.25) is 0 Å². The van der Waals surface area contributed by atoms with Gasteiger partial charge in [-0.25, -0.2) is 0 Å². The van der Waals surface area contributed by atoms with E-state index in [1.165, 1.54) is 0 Å². The zero-order chi connectivity index (χ0) is 20.4. The van der Waals surface area contributed by atoms with Crippen LogP contribution in [0.25, 0.3) is 11.5 Å². The molecule has 4 heterocycles. The third-order valence-electron chi connectivity index (χ3n) is 5.51. The van der Waals surface area contributed by atoms with E-state index in [1.807, 2.05) is 48.6 Å². The van der Waals surface area contributed by atoms with E-state index in [-0.39, 0.29) is 17.9 Å². The second-order valence-electron chi connectivity index (χ2n) is 7.77. The third kappa shape index (κ3) is 4.21. The Hall–Kier alpha value is -3.03. The smallest absolute Gasteiger partial charge is 0.258 e. The highest BCUT2D eigenvalue weighted by atomic mass is 16.5. The number of likely N-dealkylation sites (tertiary alicyclic amines) is 1. The molecule has 0 bridgehead atoms. The van der Waals surface area contributed by atoms with Gasteiger partial charge in [-0.1, -0.05) is 5.16 Å². The van der Waals surface area contributed by atoms with Gasteiger partial charge < -0.3 is 9.42 Å². The molecular weight excluding hydrogens is 368 g/mol. The number of aryl methyl sites for hydroxylation is 2. The lowest BCUT2D eigenvalue weighted by Gasteiger charge is -2.31. The van der Waals surface area contributed by atoms with Gasteiger partial charge in [0.2, 0.25) is 5.91 Å². The number of hydrogen-bond acceptors (Lipinski definition) is 6. The molecule has 152 valence electrons. The molecule has 3 aromatic rings. The standard InChI is InChI=1S/C21H26N6O2/c1-14-12-15(2)27(24-14)16(3)13-19(28)26-10-6-17(7-11-26)20-23-21(29-25-20)18-4-8-22-9-5-18/h4-5,8-9,12,16-17H,6-7,10-11,13H2,1-3H3. The number of carbonyl (C=O) groups is 1. The van der Waals surface area contributed by atoms with E-state index in [2.05, 4.69) is 20.2 Å². The highest BCUT2D eigenvalue weighted by Crippen LogP contribution is 2.28. The van der Waals surface area contributed by atoms with Crippen molar-refractivity contribution >= 4 is 5.91 Å². The topological polar surface area (TPSA) is 89.9 Å². The number of amides is 1. The molecule has 8 heteroatoms. The van der Waals surface area contributed by atoms with Crippen molar-refractivity contribution in [3.05, 3.63) is 47.8 Å². The molecule has 0 aliphatic carbocycles. The molecular formula is C21H26N6O2. The summed E-state index contributed by atoms with van der Waals surface area (Å²) in [5.41, 5.74) is 2.93. The molecule has 0 radical (unpaired) electrons. The molecule has 1 unspecified atom stereocenters. The molecule has 8 nitrogen and oxygen atoms in total. The summed E-state index contributed by atoms with van der Waals surface area (Å²) in [5.74, 6) is 1.63. The molecule has 1 amide bonds. The molecule has 1 fully saturated rings. The van der Waals surface area contributed by atoms with Crippen LogP contribution < -0.4 is 0 Å². The minimum atomic E-state index is 0.0500. The van der Waals surface area contributed by atoms with Gasteiger partial charge in [-0.2, -0.15) is 10.1 Å². The fourth-order valence-corrected chi connectivity index (χ4v) is 3.96. The van der Waals surface area contributed by atoms with E-state index >= 15 is 0 Å². The first-order valence-corrected chi connectivity index (χ1v) is 10.1. The number of rotatable bonds is 5. The second-order valence-corrected chi connectivity index (χ2v) is 7.77. The highest BCUT2D eigenvalue weighted by molar-refractivity contribution is 5.76. The fourth-order valence-electron chi connectivity index (χ4n) is 3.96. The van der Waals surface area contributed by atoms with Crippen molar-refractivity contribution in [1.82, 2.24) is 29.8 Å². The lowest BCUT2D eigenvalue weighted by Crippen LogP contribution is -2.39. The van der Waals surface area contributed by atoms with Crippen LogP contribution >= 0.6 is 0 Å². The van der Waals surface area contributed by atoms with Gasteiger partial charge in [0.05, 0.1) is 11.7 Å². The molecule has 0 aromatic carbocycles. The molecule has 1 aliphatic heterocycles. The highest BCUT2D eigenvalue weighted by Gasteiger charge is 2.28. The van der Waals surface area contributed by atoms with E-state index in [1.54, 1.807) is 12.4 Å². The zero-order valence-corrected chi connectivity index (χ0v) is 17.1. The van der Waals surface area contributed by atoms with Crippen molar-refractivity contribution in [3.63, 3.8) is 0 Å². The summed E-state index contributed by atoms with van der Waals surface area (Å²) >= 11 is 0. The van der Waals surface area contributed by atoms with Gasteiger partial charge in [-0.05, 0) is 51.8 Å². The molecule has 1 saturated heterocycles. The lowest BCUT2D eigenvalue weighted by molar-refractivity contribution is -0.133. The average Bonchev–Trinajstić information content (AvgIpc) is 3.35. The maximum absolute atomic E-state index is 12.8. The van der Waals surface area contributed by atoms with Crippen molar-refractivity contribution in [2.75, 3.05) is 13.1 Å². The van der Waals surface area contributed by atoms with Gasteiger partial charge >= 0.3 is 0 Å². The summed E-state index contributed by atoms with van der Waals surface area (Å²) in [6.45, 7) is 7.47. The quantitative estimate of drug-likeness (QED) is 0.659. The van der Waals surface area contributed by atoms with Crippen LogP contribution in [0, 0.1) is 13.8 Å². The molecule has 0 spiro atoms. The zero-order valence-electron chi connectivity index (χ0n) is 17.1. The van der Waals surface area contributed by atoms with Crippen molar-refractivity contribution < 1.29 is 9.32 Å². The van der Waals surface area contributed by atoms with Crippen LogP contribution in [0.1, 0.15) is 55.4 Å². The van der Waals surface area contributed by atoms with Gasteiger partial charge in [0.1, 0.15) is 0 Å². The first-order chi connectivity index (χ1) is 14.0. The molecule has 0 N–H and O–H groups in total. The minimum absolute atomic E-state index is 0.0500. The molecule has 3 aromatic heterocycles. The molecule has 0 saturated carbocycles. The minimum Gasteiger partial charge on any atom is -0.343 e. The van der Waals surface area contributed by atoms with Gasteiger partial charge in [0.15, 0.2) is 5.82 Å². The summed E-state index contributed by atoms with van der Waals surface area (Å²) in [7, 11) is 0. The van der Waals surface area contributed by atoms with Gasteiger partial charge in [0.25, 0.3) is 5.89 Å². The predicted octanol–water partition coefficient (Wildman–Crippen LogP) is 3.30. The average molecular weight is 394 g/mol. The number of hydrogen-bond donors (Lipinski definition) is 0. The van der Waals surface area contributed by atoms with Crippen molar-refractivity contribution in [2.45, 2.75) is 52.0 Å². The van der Waals surface area contributed by atoms with Crippen LogP contribution in [-0.4, -0.2) is 48.8 Å². The van der Waals surface area contributed by atoms with Crippen molar-refractivity contribution in [1.29, 1.82) is 0 Å². The van der Waals surface area contributed by atoms with Gasteiger partial charge in [0, 0.05) is 49.1 Å². The Morgan fingerprint density at radius 1 is 1.24 bits per heavy atom. The van der Waals surface area contributed by atoms with Gasteiger partial charge in [-0.3, -0.25) is 14.5 Å². The Labute approximate surface area is 169 Å². The second kappa shape index (κ2) is 8.14. The van der Waals surface area contributed by atoms with Crippen LogP contribution in [0.15, 0.2) is 35.1 Å². The molecule has 4 rings (SSSR count). The first kappa shape index (κ1) is 19.3. The molecule has 1 atom stereocenters. The monoisotopic (exact) mass is 394 g/mol. The van der Waals surface area contributed by atoms with Crippen LogP contribution in [-0.2, 0) is 4.79 Å². The Balaban J connectivity index is 1.33.